The van der Waals surface area contributed by atoms with Crippen LogP contribution in [0.3, 0.4) is 0 Å². The lowest BCUT2D eigenvalue weighted by molar-refractivity contribution is -0.385. The molecule has 0 aliphatic heterocycles. The number of nitro benzene ring substituents is 2. The highest BCUT2D eigenvalue weighted by Gasteiger charge is 2.23. The second kappa shape index (κ2) is 8.04. The number of carbonyl (C=O) groups excluding carboxylic acids is 2. The molecule has 140 valence electrons. The van der Waals surface area contributed by atoms with Crippen molar-refractivity contribution in [2.45, 2.75) is 20.0 Å². The van der Waals surface area contributed by atoms with Crippen LogP contribution in [0, 0.1) is 27.2 Å². The van der Waals surface area contributed by atoms with E-state index in [1.54, 1.807) is 0 Å². The van der Waals surface area contributed by atoms with Crippen LogP contribution in [0.2, 0.25) is 0 Å². The second-order valence-electron chi connectivity index (χ2n) is 5.55. The molecule has 0 spiro atoms. The molecule has 0 bridgehead atoms. The highest BCUT2D eigenvalue weighted by Crippen LogP contribution is 2.22. The smallest absolute Gasteiger partial charge is 0.339 e. The van der Waals surface area contributed by atoms with Crippen LogP contribution >= 0.6 is 0 Å². The third-order valence-electron chi connectivity index (χ3n) is 3.72. The van der Waals surface area contributed by atoms with E-state index < -0.39 is 27.8 Å². The highest BCUT2D eigenvalue weighted by molar-refractivity contribution is 5.98. The fraction of sp³-hybridized carbons (Fsp3) is 0.176. The molecule has 0 radical (unpaired) electrons. The van der Waals surface area contributed by atoms with Gasteiger partial charge in [-0.1, -0.05) is 6.07 Å². The standard InChI is InChI=1S/C17H15N3O7/c1-10-14(4-3-5-15(10)20(25)26)17(22)27-11(2)16(21)18-12-6-8-13(9-7-12)19(23)24/h3-9,11H,1-2H3,(H,18,21). The SMILES string of the molecule is Cc1c(C(=O)OC(C)C(=O)Nc2ccc([N+](=O)[O-])cc2)cccc1[N+](=O)[O-]. The lowest BCUT2D eigenvalue weighted by atomic mass is 10.1. The molecular formula is C17H15N3O7. The molecule has 0 aromatic heterocycles. The summed E-state index contributed by atoms with van der Waals surface area (Å²) in [4.78, 5) is 44.7. The third-order valence-corrected chi connectivity index (χ3v) is 3.72. The molecule has 1 N–H and O–H groups in total. The maximum atomic E-state index is 12.2. The summed E-state index contributed by atoms with van der Waals surface area (Å²) >= 11 is 0. The number of rotatable bonds is 6. The predicted molar refractivity (Wildman–Crippen MR) is 94.4 cm³/mol. The lowest BCUT2D eigenvalue weighted by Gasteiger charge is -2.14. The van der Waals surface area contributed by atoms with Crippen molar-refractivity contribution >= 4 is 28.9 Å². The Morgan fingerprint density at radius 2 is 1.67 bits per heavy atom. The van der Waals surface area contributed by atoms with E-state index in [9.17, 15) is 29.8 Å². The molecule has 10 nitrogen and oxygen atoms in total. The monoisotopic (exact) mass is 373 g/mol. The van der Waals surface area contributed by atoms with Crippen LogP contribution in [-0.4, -0.2) is 27.8 Å². The van der Waals surface area contributed by atoms with Crippen molar-refractivity contribution in [2.75, 3.05) is 5.32 Å². The first-order valence-corrected chi connectivity index (χ1v) is 7.71. The number of anilines is 1. The molecular weight excluding hydrogens is 358 g/mol. The molecule has 2 aromatic rings. The van der Waals surface area contributed by atoms with Crippen LogP contribution in [0.1, 0.15) is 22.8 Å². The normalized spacial score (nSPS) is 11.3. The van der Waals surface area contributed by atoms with E-state index in [1.807, 2.05) is 0 Å². The van der Waals surface area contributed by atoms with Gasteiger partial charge >= 0.3 is 5.97 Å². The number of nitro groups is 2. The minimum Gasteiger partial charge on any atom is -0.449 e. The van der Waals surface area contributed by atoms with E-state index >= 15 is 0 Å². The van der Waals surface area contributed by atoms with Gasteiger partial charge in [0, 0.05) is 29.4 Å². The van der Waals surface area contributed by atoms with Crippen LogP contribution < -0.4 is 5.32 Å². The second-order valence-corrected chi connectivity index (χ2v) is 5.55. The first kappa shape index (κ1) is 19.5. The van der Waals surface area contributed by atoms with Gasteiger partial charge in [0.05, 0.1) is 15.4 Å². The van der Waals surface area contributed by atoms with Gasteiger partial charge in [0.25, 0.3) is 17.3 Å². The van der Waals surface area contributed by atoms with Crippen molar-refractivity contribution in [3.8, 4) is 0 Å². The average molecular weight is 373 g/mol. The molecule has 2 rings (SSSR count). The minimum atomic E-state index is -1.19. The summed E-state index contributed by atoms with van der Waals surface area (Å²) in [5.41, 5.74) is 0.0516. The van der Waals surface area contributed by atoms with Crippen LogP contribution in [0.15, 0.2) is 42.5 Å². The number of nitrogens with one attached hydrogen (secondary N) is 1. The van der Waals surface area contributed by atoms with Crippen LogP contribution in [0.4, 0.5) is 17.1 Å². The molecule has 27 heavy (non-hydrogen) atoms. The van der Waals surface area contributed by atoms with Crippen molar-refractivity contribution in [1.82, 2.24) is 0 Å². The number of esters is 1. The zero-order valence-electron chi connectivity index (χ0n) is 14.4. The average Bonchev–Trinajstić information content (AvgIpc) is 2.61. The largest absolute Gasteiger partial charge is 0.449 e. The van der Waals surface area contributed by atoms with Gasteiger partial charge < -0.3 is 10.1 Å². The highest BCUT2D eigenvalue weighted by atomic mass is 16.6. The molecule has 1 atom stereocenters. The number of hydrogen-bond acceptors (Lipinski definition) is 7. The van der Waals surface area contributed by atoms with E-state index in [0.29, 0.717) is 5.69 Å². The molecule has 0 fully saturated rings. The first-order valence-electron chi connectivity index (χ1n) is 7.71. The number of hydrogen-bond donors (Lipinski definition) is 1. The van der Waals surface area contributed by atoms with Gasteiger partial charge in [-0.2, -0.15) is 0 Å². The van der Waals surface area contributed by atoms with Gasteiger partial charge in [-0.25, -0.2) is 4.79 Å². The van der Waals surface area contributed by atoms with E-state index in [-0.39, 0.29) is 22.5 Å². The molecule has 1 amide bonds. The number of carbonyl (C=O) groups is 2. The Morgan fingerprint density at radius 3 is 2.22 bits per heavy atom. The maximum absolute atomic E-state index is 12.2. The zero-order chi connectivity index (χ0) is 20.1. The van der Waals surface area contributed by atoms with Crippen molar-refractivity contribution in [1.29, 1.82) is 0 Å². The molecule has 0 aliphatic rings. The molecule has 0 saturated carbocycles. The van der Waals surface area contributed by atoms with Crippen molar-refractivity contribution < 1.29 is 24.2 Å². The van der Waals surface area contributed by atoms with Gasteiger partial charge in [0.2, 0.25) is 0 Å². The molecule has 1 unspecified atom stereocenters. The zero-order valence-corrected chi connectivity index (χ0v) is 14.4. The van der Waals surface area contributed by atoms with Crippen LogP contribution in [-0.2, 0) is 9.53 Å². The summed E-state index contributed by atoms with van der Waals surface area (Å²) < 4.78 is 5.07. The van der Waals surface area contributed by atoms with E-state index in [1.165, 1.54) is 56.3 Å². The Kier molecular flexibility index (Phi) is 5.81. The Hall–Kier alpha value is -3.82. The summed E-state index contributed by atoms with van der Waals surface area (Å²) in [5, 5.41) is 24.0. The Labute approximate surface area is 153 Å². The van der Waals surface area contributed by atoms with Crippen LogP contribution in [0.25, 0.3) is 0 Å². The van der Waals surface area contributed by atoms with E-state index in [0.717, 1.165) is 0 Å². The van der Waals surface area contributed by atoms with E-state index in [4.69, 9.17) is 4.74 Å². The van der Waals surface area contributed by atoms with Gasteiger partial charge in [-0.05, 0) is 32.0 Å². The summed E-state index contributed by atoms with van der Waals surface area (Å²) in [7, 11) is 0. The quantitative estimate of drug-likeness (QED) is 0.466. The number of amides is 1. The molecule has 2 aromatic carbocycles. The lowest BCUT2D eigenvalue weighted by Crippen LogP contribution is -2.30. The molecule has 0 saturated heterocycles. The summed E-state index contributed by atoms with van der Waals surface area (Å²) in [5.74, 6) is -1.53. The fourth-order valence-electron chi connectivity index (χ4n) is 2.23. The first-order chi connectivity index (χ1) is 12.7. The molecule has 10 heteroatoms. The summed E-state index contributed by atoms with van der Waals surface area (Å²) in [6.07, 6.45) is -1.19. The fourth-order valence-corrected chi connectivity index (χ4v) is 2.23. The molecule has 0 aliphatic carbocycles. The number of non-ortho nitro benzene ring substituents is 1. The third kappa shape index (κ3) is 4.63. The van der Waals surface area contributed by atoms with Gasteiger partial charge in [-0.3, -0.25) is 25.0 Å². The van der Waals surface area contributed by atoms with Gasteiger partial charge in [0.1, 0.15) is 0 Å². The number of ether oxygens (including phenoxy) is 1. The van der Waals surface area contributed by atoms with Crippen molar-refractivity contribution in [3.63, 3.8) is 0 Å². The van der Waals surface area contributed by atoms with Gasteiger partial charge in [0.15, 0.2) is 6.10 Å². The summed E-state index contributed by atoms with van der Waals surface area (Å²) in [6.45, 7) is 2.75. The summed E-state index contributed by atoms with van der Waals surface area (Å²) in [6, 6.07) is 9.11. The Balaban J connectivity index is 2.05. The Bertz CT molecular complexity index is 909. The van der Waals surface area contributed by atoms with Gasteiger partial charge in [-0.15, -0.1) is 0 Å². The van der Waals surface area contributed by atoms with Crippen LogP contribution in [0.5, 0.6) is 0 Å². The Morgan fingerprint density at radius 1 is 1.04 bits per heavy atom. The topological polar surface area (TPSA) is 142 Å². The van der Waals surface area contributed by atoms with E-state index in [2.05, 4.69) is 5.32 Å². The van der Waals surface area contributed by atoms with Crippen molar-refractivity contribution in [3.05, 3.63) is 73.8 Å². The predicted octanol–water partition coefficient (Wildman–Crippen LogP) is 3.00. The number of benzene rings is 2. The minimum absolute atomic E-state index is 0.0146. The number of nitrogens with zero attached hydrogens (tertiary/aromatic N) is 2. The van der Waals surface area contributed by atoms with Crippen molar-refractivity contribution in [2.24, 2.45) is 0 Å². The maximum Gasteiger partial charge on any atom is 0.339 e. The molecule has 0 heterocycles.